The highest BCUT2D eigenvalue weighted by molar-refractivity contribution is 6.51. The molecule has 2 heterocycles. The van der Waals surface area contributed by atoms with Crippen LogP contribution in [0.15, 0.2) is 72.3 Å². The van der Waals surface area contributed by atoms with Crippen LogP contribution in [0.2, 0.25) is 0 Å². The van der Waals surface area contributed by atoms with E-state index in [-0.39, 0.29) is 23.5 Å². The third-order valence-electron chi connectivity index (χ3n) is 6.75. The molecule has 0 bridgehead atoms. The van der Waals surface area contributed by atoms with E-state index in [2.05, 4.69) is 0 Å². The summed E-state index contributed by atoms with van der Waals surface area (Å²) in [5, 5.41) is 21.6. The van der Waals surface area contributed by atoms with Crippen LogP contribution < -0.4 is 14.5 Å². The van der Waals surface area contributed by atoms with Gasteiger partial charge in [0.2, 0.25) is 0 Å². The monoisotopic (exact) mass is 514 g/mol. The van der Waals surface area contributed by atoms with E-state index >= 15 is 0 Å². The third-order valence-corrected chi connectivity index (χ3v) is 6.75. The number of ether oxygens (including phenoxy) is 2. The molecule has 1 amide bonds. The number of amides is 1. The molecule has 0 saturated carbocycles. The Labute approximate surface area is 219 Å². The Morgan fingerprint density at radius 1 is 1.08 bits per heavy atom. The number of Topliss-reactive ketones (excluding diaryl/α,β-unsaturated/α-hetero) is 1. The topological polar surface area (TPSA) is 117 Å². The number of aliphatic hydroxyl groups is 1. The summed E-state index contributed by atoms with van der Waals surface area (Å²) in [5.41, 5.74) is 2.53. The number of likely N-dealkylation sites (N-methyl/N-ethyl adjacent to an activating group) is 1. The highest BCUT2D eigenvalue weighted by Crippen LogP contribution is 2.43. The second-order valence-electron chi connectivity index (χ2n) is 9.14. The Kier molecular flexibility index (Phi) is 6.50. The highest BCUT2D eigenvalue weighted by Gasteiger charge is 2.47. The van der Waals surface area contributed by atoms with Crippen molar-refractivity contribution in [2.75, 3.05) is 37.1 Å². The lowest BCUT2D eigenvalue weighted by atomic mass is 9.94. The van der Waals surface area contributed by atoms with Crippen molar-refractivity contribution in [2.45, 2.75) is 12.5 Å². The van der Waals surface area contributed by atoms with Crippen molar-refractivity contribution >= 4 is 34.8 Å². The molecule has 3 aromatic carbocycles. The van der Waals surface area contributed by atoms with E-state index < -0.39 is 23.7 Å². The minimum atomic E-state index is -1.00. The Bertz CT molecular complexity index is 1460. The van der Waals surface area contributed by atoms with Crippen molar-refractivity contribution in [3.05, 3.63) is 89.0 Å². The van der Waals surface area contributed by atoms with Gasteiger partial charge in [0.25, 0.3) is 11.7 Å². The lowest BCUT2D eigenvalue weighted by Gasteiger charge is -2.28. The average Bonchev–Trinajstić information content (AvgIpc) is 3.19. The number of fused-ring (bicyclic) bond motifs is 1. The fourth-order valence-corrected chi connectivity index (χ4v) is 4.78. The fourth-order valence-electron chi connectivity index (χ4n) is 4.78. The summed E-state index contributed by atoms with van der Waals surface area (Å²) >= 11 is 0. The molecule has 38 heavy (non-hydrogen) atoms. The van der Waals surface area contributed by atoms with E-state index in [1.54, 1.807) is 54.6 Å². The predicted octanol–water partition coefficient (Wildman–Crippen LogP) is 3.56. The molecule has 2 aliphatic heterocycles. The van der Waals surface area contributed by atoms with Gasteiger partial charge in [0.05, 0.1) is 37.4 Å². The number of benzene rings is 3. The molecule has 9 heteroatoms. The number of anilines is 2. The number of ketones is 1. The van der Waals surface area contributed by atoms with Gasteiger partial charge < -0.3 is 24.6 Å². The molecule has 1 fully saturated rings. The summed E-state index contributed by atoms with van der Waals surface area (Å²) in [5.74, 6) is -1.79. The molecular formula is C29H26N2O7. The maximum Gasteiger partial charge on any atom is 0.309 e. The maximum absolute atomic E-state index is 13.4. The van der Waals surface area contributed by atoms with Crippen LogP contribution in [-0.4, -0.2) is 55.2 Å². The number of phenolic OH excluding ortho intramolecular Hbond substituents is 1. The molecule has 5 rings (SSSR count). The zero-order valence-electron chi connectivity index (χ0n) is 20.9. The minimum Gasteiger partial charge on any atom is -0.508 e. The second-order valence-corrected chi connectivity index (χ2v) is 9.14. The molecule has 3 aromatic rings. The zero-order chi connectivity index (χ0) is 27.0. The summed E-state index contributed by atoms with van der Waals surface area (Å²) < 4.78 is 10.4. The SMILES string of the molecule is COC(=O)Cc1ccc(N2C(=O)C(=O)/C(=C(\O)c3ccc4c(c3)N(C)CCO4)C2c2cccc(O)c2)cc1. The van der Waals surface area contributed by atoms with Crippen LogP contribution in [0, 0.1) is 0 Å². The van der Waals surface area contributed by atoms with E-state index in [4.69, 9.17) is 9.47 Å². The maximum atomic E-state index is 13.4. The first-order valence-corrected chi connectivity index (χ1v) is 12.0. The lowest BCUT2D eigenvalue weighted by molar-refractivity contribution is -0.139. The molecule has 1 atom stereocenters. The Balaban J connectivity index is 1.63. The number of esters is 1. The van der Waals surface area contributed by atoms with Crippen molar-refractivity contribution in [1.82, 2.24) is 0 Å². The van der Waals surface area contributed by atoms with Gasteiger partial charge in [-0.2, -0.15) is 0 Å². The van der Waals surface area contributed by atoms with E-state index in [1.165, 1.54) is 24.1 Å². The number of nitrogens with zero attached hydrogens (tertiary/aromatic N) is 2. The predicted molar refractivity (Wildman–Crippen MR) is 140 cm³/mol. The van der Waals surface area contributed by atoms with Gasteiger partial charge in [-0.3, -0.25) is 19.3 Å². The molecule has 2 N–H and O–H groups in total. The average molecular weight is 515 g/mol. The van der Waals surface area contributed by atoms with Crippen molar-refractivity contribution in [3.8, 4) is 11.5 Å². The molecule has 0 radical (unpaired) electrons. The van der Waals surface area contributed by atoms with Gasteiger partial charge in [-0.25, -0.2) is 0 Å². The molecule has 9 nitrogen and oxygen atoms in total. The van der Waals surface area contributed by atoms with Crippen LogP contribution in [0.5, 0.6) is 11.5 Å². The van der Waals surface area contributed by atoms with E-state index in [1.807, 2.05) is 11.9 Å². The molecule has 2 aliphatic rings. The summed E-state index contributed by atoms with van der Waals surface area (Å²) in [7, 11) is 3.21. The Morgan fingerprint density at radius 2 is 1.84 bits per heavy atom. The van der Waals surface area contributed by atoms with Gasteiger partial charge in [0.1, 0.15) is 23.9 Å². The van der Waals surface area contributed by atoms with Crippen molar-refractivity contribution in [1.29, 1.82) is 0 Å². The number of carbonyl (C=O) groups excluding carboxylic acids is 3. The number of phenols is 1. The first-order chi connectivity index (χ1) is 18.3. The Hall–Kier alpha value is -4.79. The molecule has 0 aliphatic carbocycles. The van der Waals surface area contributed by atoms with E-state index in [9.17, 15) is 24.6 Å². The summed E-state index contributed by atoms with van der Waals surface area (Å²) in [6.45, 7) is 1.20. The quantitative estimate of drug-likeness (QED) is 0.230. The highest BCUT2D eigenvalue weighted by atomic mass is 16.5. The summed E-state index contributed by atoms with van der Waals surface area (Å²) in [6.07, 6.45) is 0.0576. The summed E-state index contributed by atoms with van der Waals surface area (Å²) in [6, 6.07) is 16.9. The molecule has 0 spiro atoms. The molecule has 194 valence electrons. The first kappa shape index (κ1) is 24.9. The molecular weight excluding hydrogens is 488 g/mol. The Morgan fingerprint density at radius 3 is 2.55 bits per heavy atom. The van der Waals surface area contributed by atoms with Crippen LogP contribution in [0.25, 0.3) is 5.76 Å². The molecule has 1 unspecified atom stereocenters. The van der Waals surface area contributed by atoms with Gasteiger partial charge >= 0.3 is 5.97 Å². The largest absolute Gasteiger partial charge is 0.508 e. The van der Waals surface area contributed by atoms with Crippen molar-refractivity contribution < 1.29 is 34.1 Å². The number of aliphatic hydroxyl groups excluding tert-OH is 1. The normalized spacial score (nSPS) is 18.2. The standard InChI is InChI=1S/C29H26N2O7/c1-30-12-13-38-23-11-8-19(16-22(23)30)27(34)25-26(18-4-3-5-21(32)15-18)31(29(36)28(25)35)20-9-6-17(7-10-20)14-24(33)37-2/h3-11,15-16,26,32,34H,12-14H2,1-2H3/b27-25-. The zero-order valence-corrected chi connectivity index (χ0v) is 20.9. The number of methoxy groups -OCH3 is 1. The van der Waals surface area contributed by atoms with Crippen LogP contribution >= 0.6 is 0 Å². The van der Waals surface area contributed by atoms with Gasteiger partial charge in [0.15, 0.2) is 0 Å². The minimum absolute atomic E-state index is 0.0472. The lowest BCUT2D eigenvalue weighted by Crippen LogP contribution is -2.29. The van der Waals surface area contributed by atoms with Crippen LogP contribution in [0.4, 0.5) is 11.4 Å². The second kappa shape index (κ2) is 9.93. The van der Waals surface area contributed by atoms with Crippen molar-refractivity contribution in [3.63, 3.8) is 0 Å². The van der Waals surface area contributed by atoms with Gasteiger partial charge in [-0.05, 0) is 53.6 Å². The summed E-state index contributed by atoms with van der Waals surface area (Å²) in [4.78, 5) is 41.7. The third kappa shape index (κ3) is 4.43. The van der Waals surface area contributed by atoms with Gasteiger partial charge in [-0.1, -0.05) is 24.3 Å². The van der Waals surface area contributed by atoms with Crippen LogP contribution in [-0.2, 0) is 25.5 Å². The number of carbonyl (C=O) groups is 3. The van der Waals surface area contributed by atoms with Gasteiger partial charge in [0, 0.05) is 18.3 Å². The molecule has 1 saturated heterocycles. The van der Waals surface area contributed by atoms with Crippen LogP contribution in [0.1, 0.15) is 22.7 Å². The number of hydrogen-bond donors (Lipinski definition) is 2. The smallest absolute Gasteiger partial charge is 0.309 e. The van der Waals surface area contributed by atoms with E-state index in [0.29, 0.717) is 41.3 Å². The first-order valence-electron chi connectivity index (χ1n) is 12.0. The fraction of sp³-hybridized carbons (Fsp3) is 0.207. The van der Waals surface area contributed by atoms with E-state index in [0.717, 1.165) is 5.69 Å². The molecule has 0 aromatic heterocycles. The number of aromatic hydroxyl groups is 1. The number of rotatable bonds is 5. The van der Waals surface area contributed by atoms with Crippen LogP contribution in [0.3, 0.4) is 0 Å². The number of hydrogen-bond acceptors (Lipinski definition) is 8. The van der Waals surface area contributed by atoms with Crippen molar-refractivity contribution in [2.24, 2.45) is 0 Å². The van der Waals surface area contributed by atoms with Gasteiger partial charge in [-0.15, -0.1) is 0 Å².